The second-order valence-electron chi connectivity index (χ2n) is 31.4. The summed E-state index contributed by atoms with van der Waals surface area (Å²) in [5.74, 6) is 4.72. The SMILES string of the molecule is Cc1ccc(-c2cc3cc4[nH]c(C)nc4cc3[nH]2)cc1.Cc1ccc(-c2nc3cc4nc(C)[nH]c4cc3[nH]2)cc1.Cc1ccc(-c2nc3cc4nc(C)sc4cc3s2)cc1.Cc1ccc(-c2nc3cc4sc(C)nc4cc3s2)cc1.Cc1ccc2nc(C)[nH]c2c1.Cc1ccc2nc(C)[nH]c2c1.Cc1ccc2nc(C)sc2c1.Cc1ccc2sc(C)nc2c1. The lowest BCUT2D eigenvalue weighted by Gasteiger charge is -1.97. The molecule has 124 heavy (non-hydrogen) atoms. The molecule has 616 valence electrons. The Bertz CT molecular complexity index is 6810. The van der Waals surface area contributed by atoms with E-state index in [1.165, 1.54) is 94.8 Å². The van der Waals surface area contributed by atoms with E-state index in [1.54, 1.807) is 68.0 Å². The molecular weight excluding hydrogens is 1640 g/mol. The van der Waals surface area contributed by atoms with Crippen molar-refractivity contribution in [3.05, 3.63) is 312 Å². The third-order valence-corrected chi connectivity index (χ3v) is 26.5. The van der Waals surface area contributed by atoms with Crippen LogP contribution in [0.5, 0.6) is 0 Å². The van der Waals surface area contributed by atoms with E-state index < -0.39 is 0 Å². The largest absolute Gasteiger partial charge is 0.354 e. The summed E-state index contributed by atoms with van der Waals surface area (Å²) in [4.78, 5) is 69.3. The van der Waals surface area contributed by atoms with Gasteiger partial charge in [-0.2, -0.15) is 0 Å². The minimum Gasteiger partial charge on any atom is -0.354 e. The second kappa shape index (κ2) is 35.7. The Morgan fingerprint density at radius 2 is 0.524 bits per heavy atom. The number of nitrogens with one attached hydrogen (secondary N) is 6. The van der Waals surface area contributed by atoms with Crippen molar-refractivity contribution in [3.8, 4) is 43.8 Å². The highest BCUT2D eigenvalue weighted by Crippen LogP contribution is 2.38. The molecule has 0 amide bonds. The lowest BCUT2D eigenvalue weighted by Crippen LogP contribution is -1.80. The fourth-order valence-corrected chi connectivity index (χ4v) is 20.0. The van der Waals surface area contributed by atoms with Gasteiger partial charge < -0.3 is 29.9 Å². The Morgan fingerprint density at radius 3 is 1.06 bits per heavy atom. The van der Waals surface area contributed by atoms with Crippen LogP contribution in [-0.4, -0.2) is 84.7 Å². The number of fused-ring (bicyclic) bond motifs is 12. The lowest BCUT2D eigenvalue weighted by atomic mass is 10.1. The van der Waals surface area contributed by atoms with E-state index in [4.69, 9.17) is 9.97 Å². The van der Waals surface area contributed by atoms with Gasteiger partial charge in [0.1, 0.15) is 39.1 Å². The van der Waals surface area contributed by atoms with Gasteiger partial charge in [-0.3, -0.25) is 0 Å². The van der Waals surface area contributed by atoms with Crippen molar-refractivity contribution in [2.75, 3.05) is 0 Å². The Kier molecular flexibility index (Phi) is 24.0. The van der Waals surface area contributed by atoms with Crippen LogP contribution < -0.4 is 0 Å². The monoisotopic (exact) mass is 1730 g/mol. The summed E-state index contributed by atoms with van der Waals surface area (Å²) in [6.45, 7) is 32.8. The smallest absolute Gasteiger partial charge is 0.138 e. The zero-order valence-corrected chi connectivity index (χ0v) is 76.6. The van der Waals surface area contributed by atoms with Gasteiger partial charge in [-0.1, -0.05) is 144 Å². The Hall–Kier alpha value is -13.1. The summed E-state index contributed by atoms with van der Waals surface area (Å²) in [6.07, 6.45) is 0. The molecule has 0 aliphatic heterocycles. The van der Waals surface area contributed by atoms with E-state index in [0.717, 1.165) is 164 Å². The van der Waals surface area contributed by atoms with Gasteiger partial charge in [0.15, 0.2) is 0 Å². The zero-order valence-electron chi connectivity index (χ0n) is 71.7. The molecule has 17 nitrogen and oxygen atoms in total. The summed E-state index contributed by atoms with van der Waals surface area (Å²) in [5, 5.41) is 7.87. The average molecular weight is 1740 g/mol. The molecule has 0 unspecified atom stereocenters. The molecule has 0 fully saturated rings. The molecule has 0 atom stereocenters. The predicted molar refractivity (Wildman–Crippen MR) is 528 cm³/mol. The number of hydrogen-bond acceptors (Lipinski definition) is 17. The maximum absolute atomic E-state index is 4.77. The van der Waals surface area contributed by atoms with Crippen molar-refractivity contribution in [3.63, 3.8) is 0 Å². The number of benzene rings is 12. The molecule has 12 aromatic heterocycles. The zero-order chi connectivity index (χ0) is 86.1. The van der Waals surface area contributed by atoms with Crippen LogP contribution in [0.25, 0.3) is 171 Å². The quantitative estimate of drug-likeness (QED) is 0.0969. The highest BCUT2D eigenvalue weighted by atomic mass is 32.1. The number of H-pyrrole nitrogens is 6. The molecule has 12 heterocycles. The van der Waals surface area contributed by atoms with E-state index >= 15 is 0 Å². The number of thiazole rings is 6. The van der Waals surface area contributed by atoms with Gasteiger partial charge in [0.25, 0.3) is 0 Å². The van der Waals surface area contributed by atoms with Gasteiger partial charge in [-0.25, -0.2) is 54.8 Å². The van der Waals surface area contributed by atoms with E-state index in [2.05, 4.69) is 336 Å². The highest BCUT2D eigenvalue weighted by molar-refractivity contribution is 7.23. The molecule has 24 aromatic rings. The molecular formula is C101H91N17S6. The minimum atomic E-state index is 0.893. The Morgan fingerprint density at radius 1 is 0.185 bits per heavy atom. The Labute approximate surface area is 741 Å². The normalized spacial score (nSPS) is 11.2. The molecule has 0 aliphatic carbocycles. The number of aromatic nitrogens is 17. The maximum Gasteiger partial charge on any atom is 0.138 e. The summed E-state index contributed by atoms with van der Waals surface area (Å²) in [5.41, 5.74) is 34.0. The van der Waals surface area contributed by atoms with Crippen molar-refractivity contribution < 1.29 is 0 Å². The molecule has 0 spiro atoms. The van der Waals surface area contributed by atoms with Crippen molar-refractivity contribution in [2.45, 2.75) is 111 Å². The standard InChI is InChI=1S/C17H15N3.C16H14N4.2C16H12N2S2.2C9H10N2.2C9H9NS/c1-10-3-5-12(6-4-10)14-7-13-8-16-17(9-15(13)20-14)19-11(2)18-16;1-9-3-5-11(6-4-9)16-19-14-7-12-13(8-15(14)20-16)18-10(2)17-12;1-9-3-5-11(6-4-9)16-18-13-8-14-12(7-15(13)20-16)17-10(2)19-14;1-9-3-5-11(6-4-9)16-18-13-7-12-14(8-15(13)20-16)19-10(2)17-12;2*1-6-3-4-8-9(5-6)11-7(2)10-8;1-6-3-4-9-8(5-6)10-7(2)11-9;1-6-3-4-8-9(5-6)11-7(2)10-8/h3-9,20H,1-2H3,(H,18,19);3-8H,1-2H3,(H,17,18)(H,19,20);2*3-8H,1-2H3;2*3-5H,1-2H3,(H,10,11);2*3-5H,1-2H3. The maximum atomic E-state index is 4.77. The third-order valence-electron chi connectivity index (χ3n) is 20.7. The number of aryl methyl sites for hydroxylation is 16. The molecule has 24 rings (SSSR count). The van der Waals surface area contributed by atoms with Crippen LogP contribution in [0.3, 0.4) is 0 Å². The second-order valence-corrected chi connectivity index (χ2v) is 38.4. The van der Waals surface area contributed by atoms with Crippen LogP contribution in [0.4, 0.5) is 0 Å². The van der Waals surface area contributed by atoms with Crippen molar-refractivity contribution >= 4 is 195 Å². The van der Waals surface area contributed by atoms with Gasteiger partial charge in [0.2, 0.25) is 0 Å². The van der Waals surface area contributed by atoms with Gasteiger partial charge in [0, 0.05) is 33.3 Å². The average Bonchev–Trinajstić information content (AvgIpc) is 1.64. The van der Waals surface area contributed by atoms with Crippen LogP contribution in [0.15, 0.2) is 224 Å². The summed E-state index contributed by atoms with van der Waals surface area (Å²) < 4.78 is 7.48. The first-order valence-corrected chi connectivity index (χ1v) is 45.7. The fourth-order valence-electron chi connectivity index (χ4n) is 14.5. The number of rotatable bonds is 4. The fraction of sp³-hybridized carbons (Fsp3) is 0.158. The molecule has 0 aliphatic rings. The van der Waals surface area contributed by atoms with Crippen LogP contribution in [-0.2, 0) is 0 Å². The topological polar surface area (TPSA) is 237 Å². The number of hydrogen-bond donors (Lipinski definition) is 6. The van der Waals surface area contributed by atoms with Gasteiger partial charge in [-0.15, -0.1) is 68.0 Å². The first kappa shape index (κ1) is 83.1. The molecule has 0 saturated carbocycles. The first-order valence-electron chi connectivity index (χ1n) is 40.8. The van der Waals surface area contributed by atoms with Gasteiger partial charge in [-0.05, 0) is 242 Å². The molecule has 0 bridgehead atoms. The van der Waals surface area contributed by atoms with E-state index in [1.807, 2.05) is 73.6 Å². The number of aromatic amines is 6. The van der Waals surface area contributed by atoms with Crippen molar-refractivity contribution in [1.82, 2.24) is 84.7 Å². The van der Waals surface area contributed by atoms with Crippen LogP contribution in [0.1, 0.15) is 87.8 Å². The Balaban J connectivity index is 0.000000102. The molecule has 0 radical (unpaired) electrons. The summed E-state index contributed by atoms with van der Waals surface area (Å²) >= 11 is 10.5. The van der Waals surface area contributed by atoms with Crippen LogP contribution in [0.2, 0.25) is 0 Å². The minimum absolute atomic E-state index is 0.893. The van der Waals surface area contributed by atoms with Crippen LogP contribution >= 0.6 is 68.0 Å². The van der Waals surface area contributed by atoms with Crippen LogP contribution in [0, 0.1) is 111 Å². The first-order chi connectivity index (χ1) is 59.8. The van der Waals surface area contributed by atoms with E-state index in [9.17, 15) is 0 Å². The number of nitrogens with zero attached hydrogens (tertiary/aromatic N) is 11. The van der Waals surface area contributed by atoms with E-state index in [0.29, 0.717) is 0 Å². The summed E-state index contributed by atoms with van der Waals surface area (Å²) in [6, 6.07) is 78.3. The molecule has 0 saturated heterocycles. The van der Waals surface area contributed by atoms with Crippen molar-refractivity contribution in [1.29, 1.82) is 0 Å². The highest BCUT2D eigenvalue weighted by Gasteiger charge is 2.15. The molecule has 6 N–H and O–H groups in total. The molecule has 23 heteroatoms. The number of imidazole rings is 5. The van der Waals surface area contributed by atoms with Gasteiger partial charge in [0.05, 0.1) is 136 Å². The van der Waals surface area contributed by atoms with Crippen molar-refractivity contribution in [2.24, 2.45) is 0 Å². The lowest BCUT2D eigenvalue weighted by molar-refractivity contribution is 1.17. The predicted octanol–water partition coefficient (Wildman–Crippen LogP) is 28.6. The van der Waals surface area contributed by atoms with Gasteiger partial charge >= 0.3 is 0 Å². The van der Waals surface area contributed by atoms with E-state index in [-0.39, 0.29) is 0 Å². The third kappa shape index (κ3) is 19.5. The molecule has 12 aromatic carbocycles. The summed E-state index contributed by atoms with van der Waals surface area (Å²) in [7, 11) is 0.